The molecule has 0 saturated carbocycles. The van der Waals surface area contributed by atoms with Crippen LogP contribution in [0.15, 0.2) is 24.3 Å². The van der Waals surface area contributed by atoms with Gasteiger partial charge < -0.3 is 10.1 Å². The summed E-state index contributed by atoms with van der Waals surface area (Å²) in [6, 6.07) is 9.08. The maximum atomic E-state index is 5.48. The molecule has 2 saturated heterocycles. The van der Waals surface area contributed by atoms with Gasteiger partial charge in [-0.2, -0.15) is 0 Å². The smallest absolute Gasteiger partial charge is 0.0468 e. The standard InChI is InChI=1S/C16H23NO/c1-13-3-2-4-15(9-13)16(11-17-12-16)10-14-5-7-18-8-6-14/h2-4,9,14,17H,5-8,10-12H2,1H3. The Morgan fingerprint density at radius 3 is 2.67 bits per heavy atom. The lowest BCUT2D eigenvalue weighted by atomic mass is 9.68. The fourth-order valence-corrected chi connectivity index (χ4v) is 3.37. The van der Waals surface area contributed by atoms with Crippen LogP contribution in [0.3, 0.4) is 0 Å². The lowest BCUT2D eigenvalue weighted by molar-refractivity contribution is 0.0501. The van der Waals surface area contributed by atoms with Gasteiger partial charge in [0.2, 0.25) is 0 Å². The van der Waals surface area contributed by atoms with Crippen LogP contribution in [0.2, 0.25) is 0 Å². The van der Waals surface area contributed by atoms with Crippen molar-refractivity contribution in [1.82, 2.24) is 5.32 Å². The van der Waals surface area contributed by atoms with Crippen molar-refractivity contribution in [1.29, 1.82) is 0 Å². The number of ether oxygens (including phenoxy) is 1. The van der Waals surface area contributed by atoms with E-state index in [0.29, 0.717) is 5.41 Å². The van der Waals surface area contributed by atoms with E-state index in [-0.39, 0.29) is 0 Å². The van der Waals surface area contributed by atoms with E-state index in [4.69, 9.17) is 4.74 Å². The van der Waals surface area contributed by atoms with Gasteiger partial charge in [-0.3, -0.25) is 0 Å². The molecule has 0 radical (unpaired) electrons. The maximum absolute atomic E-state index is 5.48. The van der Waals surface area contributed by atoms with Crippen LogP contribution in [0, 0.1) is 12.8 Å². The van der Waals surface area contributed by atoms with Gasteiger partial charge in [0.15, 0.2) is 0 Å². The zero-order valence-electron chi connectivity index (χ0n) is 11.2. The van der Waals surface area contributed by atoms with Crippen LogP contribution in [-0.2, 0) is 10.2 Å². The second kappa shape index (κ2) is 5.02. The molecule has 2 aliphatic heterocycles. The number of nitrogens with one attached hydrogen (secondary N) is 1. The molecule has 3 rings (SSSR count). The normalized spacial score (nSPS) is 23.6. The van der Waals surface area contributed by atoms with Gasteiger partial charge in [-0.15, -0.1) is 0 Å². The first-order valence-electron chi connectivity index (χ1n) is 7.14. The fourth-order valence-electron chi connectivity index (χ4n) is 3.37. The first-order chi connectivity index (χ1) is 8.78. The predicted molar refractivity (Wildman–Crippen MR) is 73.9 cm³/mol. The third kappa shape index (κ3) is 2.32. The number of rotatable bonds is 3. The van der Waals surface area contributed by atoms with Crippen LogP contribution in [-0.4, -0.2) is 26.3 Å². The molecule has 2 nitrogen and oxygen atoms in total. The summed E-state index contributed by atoms with van der Waals surface area (Å²) in [4.78, 5) is 0. The summed E-state index contributed by atoms with van der Waals surface area (Å²) in [5.41, 5.74) is 3.31. The van der Waals surface area contributed by atoms with Gasteiger partial charge in [0.1, 0.15) is 0 Å². The van der Waals surface area contributed by atoms with Crippen molar-refractivity contribution in [2.45, 2.75) is 31.6 Å². The first-order valence-corrected chi connectivity index (χ1v) is 7.14. The average Bonchev–Trinajstić information content (AvgIpc) is 2.35. The van der Waals surface area contributed by atoms with Gasteiger partial charge in [-0.25, -0.2) is 0 Å². The maximum Gasteiger partial charge on any atom is 0.0468 e. The lowest BCUT2D eigenvalue weighted by Crippen LogP contribution is -2.57. The summed E-state index contributed by atoms with van der Waals surface area (Å²) < 4.78 is 5.48. The highest BCUT2D eigenvalue weighted by molar-refractivity contribution is 5.33. The third-order valence-electron chi connectivity index (χ3n) is 4.58. The van der Waals surface area contributed by atoms with Crippen LogP contribution < -0.4 is 5.32 Å². The number of aryl methyl sites for hydroxylation is 1. The van der Waals surface area contributed by atoms with E-state index in [1.54, 1.807) is 0 Å². The summed E-state index contributed by atoms with van der Waals surface area (Å²) in [6.07, 6.45) is 3.81. The molecule has 0 unspecified atom stereocenters. The van der Waals surface area contributed by atoms with Crippen molar-refractivity contribution < 1.29 is 4.74 Å². The largest absolute Gasteiger partial charge is 0.381 e. The van der Waals surface area contributed by atoms with Gasteiger partial charge >= 0.3 is 0 Å². The van der Waals surface area contributed by atoms with Crippen molar-refractivity contribution in [2.75, 3.05) is 26.3 Å². The van der Waals surface area contributed by atoms with Crippen LogP contribution in [0.5, 0.6) is 0 Å². The molecular formula is C16H23NO. The van der Waals surface area contributed by atoms with Crippen LogP contribution in [0.25, 0.3) is 0 Å². The Bertz CT molecular complexity index is 405. The quantitative estimate of drug-likeness (QED) is 0.884. The molecule has 2 fully saturated rings. The fraction of sp³-hybridized carbons (Fsp3) is 0.625. The lowest BCUT2D eigenvalue weighted by Gasteiger charge is -2.46. The van der Waals surface area contributed by atoms with Crippen LogP contribution >= 0.6 is 0 Å². The van der Waals surface area contributed by atoms with E-state index in [1.165, 1.54) is 30.4 Å². The van der Waals surface area contributed by atoms with E-state index in [0.717, 1.165) is 32.2 Å². The Kier molecular flexibility index (Phi) is 3.40. The highest BCUT2D eigenvalue weighted by atomic mass is 16.5. The number of hydrogen-bond acceptors (Lipinski definition) is 2. The van der Waals surface area contributed by atoms with Crippen molar-refractivity contribution >= 4 is 0 Å². The molecule has 0 bridgehead atoms. The number of benzene rings is 1. The Morgan fingerprint density at radius 2 is 2.06 bits per heavy atom. The average molecular weight is 245 g/mol. The summed E-state index contributed by atoms with van der Waals surface area (Å²) in [7, 11) is 0. The predicted octanol–water partition coefficient (Wildman–Crippen LogP) is 2.65. The minimum Gasteiger partial charge on any atom is -0.381 e. The molecule has 18 heavy (non-hydrogen) atoms. The van der Waals surface area contributed by atoms with E-state index >= 15 is 0 Å². The zero-order valence-corrected chi connectivity index (χ0v) is 11.2. The van der Waals surface area contributed by atoms with Crippen LogP contribution in [0.4, 0.5) is 0 Å². The minimum absolute atomic E-state index is 0.397. The topological polar surface area (TPSA) is 21.3 Å². The van der Waals surface area contributed by atoms with E-state index < -0.39 is 0 Å². The van der Waals surface area contributed by atoms with Gasteiger partial charge in [0.05, 0.1) is 0 Å². The summed E-state index contributed by atoms with van der Waals surface area (Å²) in [6.45, 7) is 6.41. The summed E-state index contributed by atoms with van der Waals surface area (Å²) in [5, 5.41) is 3.48. The Morgan fingerprint density at radius 1 is 1.28 bits per heavy atom. The van der Waals surface area contributed by atoms with Gasteiger partial charge in [-0.1, -0.05) is 29.8 Å². The van der Waals surface area contributed by atoms with Gasteiger partial charge in [-0.05, 0) is 37.7 Å². The molecule has 2 heterocycles. The second-order valence-corrected chi connectivity index (χ2v) is 6.01. The van der Waals surface area contributed by atoms with E-state index in [2.05, 4.69) is 36.5 Å². The third-order valence-corrected chi connectivity index (χ3v) is 4.58. The molecule has 0 aromatic heterocycles. The molecule has 1 N–H and O–H groups in total. The minimum atomic E-state index is 0.397. The first kappa shape index (κ1) is 12.2. The highest BCUT2D eigenvalue weighted by Crippen LogP contribution is 2.38. The second-order valence-electron chi connectivity index (χ2n) is 6.01. The molecule has 98 valence electrons. The Hall–Kier alpha value is -0.860. The van der Waals surface area contributed by atoms with Crippen molar-refractivity contribution in [3.63, 3.8) is 0 Å². The molecule has 0 aliphatic carbocycles. The van der Waals surface area contributed by atoms with Gasteiger partial charge in [0, 0.05) is 31.7 Å². The van der Waals surface area contributed by atoms with E-state index in [9.17, 15) is 0 Å². The van der Waals surface area contributed by atoms with E-state index in [1.807, 2.05) is 0 Å². The molecule has 0 amide bonds. The molecule has 0 atom stereocenters. The monoisotopic (exact) mass is 245 g/mol. The molecule has 2 aliphatic rings. The number of hydrogen-bond donors (Lipinski definition) is 1. The SMILES string of the molecule is Cc1cccc(C2(CC3CCOCC3)CNC2)c1. The molecule has 2 heteroatoms. The molecule has 1 aromatic carbocycles. The molecule has 0 spiro atoms. The highest BCUT2D eigenvalue weighted by Gasteiger charge is 2.40. The summed E-state index contributed by atoms with van der Waals surface area (Å²) in [5.74, 6) is 0.848. The van der Waals surface area contributed by atoms with Crippen molar-refractivity contribution in [2.24, 2.45) is 5.92 Å². The van der Waals surface area contributed by atoms with Gasteiger partial charge in [0.25, 0.3) is 0 Å². The van der Waals surface area contributed by atoms with Crippen LogP contribution in [0.1, 0.15) is 30.4 Å². The Labute approximate surface area is 110 Å². The van der Waals surface area contributed by atoms with Crippen molar-refractivity contribution in [3.8, 4) is 0 Å². The Balaban J connectivity index is 1.77. The summed E-state index contributed by atoms with van der Waals surface area (Å²) >= 11 is 0. The molecule has 1 aromatic rings. The van der Waals surface area contributed by atoms with Crippen molar-refractivity contribution in [3.05, 3.63) is 35.4 Å². The molecular weight excluding hydrogens is 222 g/mol. The zero-order chi connectivity index (χ0) is 12.4.